The summed E-state index contributed by atoms with van der Waals surface area (Å²) < 4.78 is 12.1. The largest absolute Gasteiger partial charge is 0.504 e. The summed E-state index contributed by atoms with van der Waals surface area (Å²) in [5.41, 5.74) is 2.74. The lowest BCUT2D eigenvalue weighted by Gasteiger charge is -2.58. The number of likely N-dealkylation sites (N-methyl/N-ethyl adjacent to an activating group) is 1. The summed E-state index contributed by atoms with van der Waals surface area (Å²) in [5, 5.41) is 10.3. The fourth-order valence-corrected chi connectivity index (χ4v) is 5.93. The van der Waals surface area contributed by atoms with Crippen LogP contribution in [0.5, 0.6) is 11.5 Å². The van der Waals surface area contributed by atoms with Gasteiger partial charge in [0.25, 0.3) is 0 Å². The second-order valence-electron chi connectivity index (χ2n) is 7.49. The molecule has 0 amide bonds. The van der Waals surface area contributed by atoms with E-state index < -0.39 is 0 Å². The van der Waals surface area contributed by atoms with Crippen LogP contribution in [0.4, 0.5) is 0 Å². The number of phenols is 1. The fourth-order valence-electron chi connectivity index (χ4n) is 5.93. The van der Waals surface area contributed by atoms with Gasteiger partial charge >= 0.3 is 0 Å². The average Bonchev–Trinajstić information content (AvgIpc) is 2.88. The summed E-state index contributed by atoms with van der Waals surface area (Å²) in [4.78, 5) is 2.54. The van der Waals surface area contributed by atoms with Gasteiger partial charge in [-0.2, -0.15) is 0 Å². The quantitative estimate of drug-likeness (QED) is 0.862. The Bertz CT molecular complexity index is 645. The Morgan fingerprint density at radius 1 is 1.36 bits per heavy atom. The van der Waals surface area contributed by atoms with Crippen molar-refractivity contribution in [1.82, 2.24) is 4.90 Å². The van der Waals surface area contributed by atoms with E-state index >= 15 is 0 Å². The molecule has 118 valence electrons. The van der Waals surface area contributed by atoms with Gasteiger partial charge in [-0.05, 0) is 56.8 Å². The summed E-state index contributed by atoms with van der Waals surface area (Å²) >= 11 is 0. The van der Waals surface area contributed by atoms with Crippen LogP contribution in [0.2, 0.25) is 0 Å². The molecule has 2 bridgehead atoms. The third-order valence-electron chi connectivity index (χ3n) is 6.84. The molecule has 0 aromatic heterocycles. The van der Waals surface area contributed by atoms with Crippen molar-refractivity contribution in [3.8, 4) is 11.5 Å². The van der Waals surface area contributed by atoms with Gasteiger partial charge in [0.2, 0.25) is 0 Å². The topological polar surface area (TPSA) is 41.9 Å². The summed E-state index contributed by atoms with van der Waals surface area (Å²) in [6, 6.07) is 4.51. The minimum atomic E-state index is 0.0533. The lowest BCUT2D eigenvalue weighted by molar-refractivity contribution is -0.111. The molecule has 2 fully saturated rings. The van der Waals surface area contributed by atoms with Crippen LogP contribution in [0.1, 0.15) is 30.4 Å². The van der Waals surface area contributed by atoms with Crippen LogP contribution >= 0.6 is 0 Å². The van der Waals surface area contributed by atoms with E-state index in [4.69, 9.17) is 9.47 Å². The molecule has 1 saturated heterocycles. The van der Waals surface area contributed by atoms with Crippen molar-refractivity contribution in [2.75, 3.05) is 20.7 Å². The van der Waals surface area contributed by atoms with Crippen molar-refractivity contribution in [3.63, 3.8) is 0 Å². The van der Waals surface area contributed by atoms with Crippen LogP contribution in [-0.2, 0) is 16.6 Å². The lowest BCUT2D eigenvalue weighted by Crippen LogP contribution is -2.66. The molecule has 4 nitrogen and oxygen atoms in total. The number of benzene rings is 1. The number of nitrogens with zero attached hydrogens (tertiary/aromatic N) is 1. The van der Waals surface area contributed by atoms with Crippen LogP contribution in [0.3, 0.4) is 0 Å². The molecule has 2 heterocycles. The van der Waals surface area contributed by atoms with Gasteiger partial charge < -0.3 is 19.5 Å². The number of rotatable bonds is 1. The van der Waals surface area contributed by atoms with Gasteiger partial charge in [0.15, 0.2) is 11.5 Å². The summed E-state index contributed by atoms with van der Waals surface area (Å²) in [7, 11) is 4.06. The second-order valence-corrected chi connectivity index (χ2v) is 7.49. The van der Waals surface area contributed by atoms with Gasteiger partial charge in [0.05, 0.1) is 6.10 Å². The highest BCUT2D eigenvalue weighted by Gasteiger charge is 2.65. The Hall–Kier alpha value is -1.26. The van der Waals surface area contributed by atoms with Crippen LogP contribution < -0.4 is 4.74 Å². The van der Waals surface area contributed by atoms with E-state index in [0.717, 1.165) is 31.6 Å². The molecule has 2 aliphatic heterocycles. The molecule has 1 saturated carbocycles. The number of hydrogen-bond acceptors (Lipinski definition) is 4. The molecule has 1 N–H and O–H groups in total. The van der Waals surface area contributed by atoms with E-state index in [1.807, 2.05) is 0 Å². The van der Waals surface area contributed by atoms with Gasteiger partial charge in [0, 0.05) is 24.1 Å². The molecule has 22 heavy (non-hydrogen) atoms. The smallest absolute Gasteiger partial charge is 0.165 e. The first-order valence-corrected chi connectivity index (χ1v) is 8.42. The van der Waals surface area contributed by atoms with Gasteiger partial charge in [-0.1, -0.05) is 6.07 Å². The Kier molecular flexibility index (Phi) is 2.51. The lowest BCUT2D eigenvalue weighted by atomic mass is 9.51. The Morgan fingerprint density at radius 3 is 3.05 bits per heavy atom. The van der Waals surface area contributed by atoms with Crippen molar-refractivity contribution in [2.45, 2.75) is 49.3 Å². The zero-order chi connectivity index (χ0) is 15.1. The van der Waals surface area contributed by atoms with Crippen molar-refractivity contribution in [3.05, 3.63) is 23.3 Å². The molecule has 2 unspecified atom stereocenters. The number of likely N-dealkylation sites (tertiary alicyclic amines) is 1. The Labute approximate surface area is 131 Å². The summed E-state index contributed by atoms with van der Waals surface area (Å²) in [6.07, 6.45) is 4.65. The standard InChI is InChI=1S/C18H23NO3/c1-19-8-7-18-11-4-6-14(21-2)17(18)22-16-13(20)5-3-10(15(16)18)9-12(11)19/h3,5,11-12,14,17,20H,4,6-9H2,1-2H3/t11-,12+,14?,17?,18-/m0/s1. The first-order chi connectivity index (χ1) is 10.7. The van der Waals surface area contributed by atoms with Gasteiger partial charge in [0.1, 0.15) is 6.10 Å². The highest BCUT2D eigenvalue weighted by molar-refractivity contribution is 5.60. The number of ether oxygens (including phenoxy) is 2. The molecule has 1 aromatic carbocycles. The van der Waals surface area contributed by atoms with Gasteiger partial charge in [-0.3, -0.25) is 0 Å². The predicted molar refractivity (Wildman–Crippen MR) is 82.5 cm³/mol. The molecule has 1 spiro atoms. The fraction of sp³-hybridized carbons (Fsp3) is 0.667. The molecular formula is C18H23NO3. The third-order valence-corrected chi connectivity index (χ3v) is 6.84. The van der Waals surface area contributed by atoms with E-state index in [2.05, 4.69) is 18.0 Å². The van der Waals surface area contributed by atoms with Crippen LogP contribution in [-0.4, -0.2) is 49.0 Å². The number of aromatic hydroxyl groups is 1. The average molecular weight is 301 g/mol. The SMILES string of the molecule is COC1CC[C@H]2[C@H]3Cc4ccc(O)c5c4[C@@]2(CCN3C)C1O5. The maximum Gasteiger partial charge on any atom is 0.165 e. The number of phenolic OH excluding ortho intramolecular Hbond substituents is 1. The molecule has 5 atom stereocenters. The highest BCUT2D eigenvalue weighted by Crippen LogP contribution is 2.63. The molecule has 4 heteroatoms. The van der Waals surface area contributed by atoms with Gasteiger partial charge in [-0.15, -0.1) is 0 Å². The van der Waals surface area contributed by atoms with E-state index in [0.29, 0.717) is 17.7 Å². The number of piperidine rings is 1. The van der Waals surface area contributed by atoms with Gasteiger partial charge in [-0.25, -0.2) is 0 Å². The number of methoxy groups -OCH3 is 1. The zero-order valence-electron chi connectivity index (χ0n) is 13.2. The summed E-state index contributed by atoms with van der Waals surface area (Å²) in [6.45, 7) is 1.10. The molecule has 4 aliphatic rings. The van der Waals surface area contributed by atoms with E-state index in [1.54, 1.807) is 13.2 Å². The minimum Gasteiger partial charge on any atom is -0.504 e. The Morgan fingerprint density at radius 2 is 2.23 bits per heavy atom. The minimum absolute atomic E-state index is 0.0533. The molecular weight excluding hydrogens is 278 g/mol. The zero-order valence-corrected chi connectivity index (χ0v) is 13.2. The second kappa shape index (κ2) is 4.18. The monoisotopic (exact) mass is 301 g/mol. The normalized spacial score (nSPS) is 41.9. The van der Waals surface area contributed by atoms with E-state index in [1.165, 1.54) is 17.5 Å². The predicted octanol–water partition coefficient (Wildman–Crippen LogP) is 2.08. The molecule has 2 aliphatic carbocycles. The van der Waals surface area contributed by atoms with Crippen LogP contribution in [0.15, 0.2) is 12.1 Å². The van der Waals surface area contributed by atoms with E-state index in [9.17, 15) is 5.11 Å². The number of hydrogen-bond donors (Lipinski definition) is 1. The third kappa shape index (κ3) is 1.32. The van der Waals surface area contributed by atoms with Crippen molar-refractivity contribution in [1.29, 1.82) is 0 Å². The summed E-state index contributed by atoms with van der Waals surface area (Å²) in [5.74, 6) is 1.67. The maximum atomic E-state index is 10.3. The van der Waals surface area contributed by atoms with Crippen molar-refractivity contribution < 1.29 is 14.6 Å². The van der Waals surface area contributed by atoms with Crippen molar-refractivity contribution in [2.24, 2.45) is 5.92 Å². The van der Waals surface area contributed by atoms with Crippen LogP contribution in [0.25, 0.3) is 0 Å². The van der Waals surface area contributed by atoms with Crippen molar-refractivity contribution >= 4 is 0 Å². The molecule has 5 rings (SSSR count). The maximum absolute atomic E-state index is 10.3. The van der Waals surface area contributed by atoms with E-state index in [-0.39, 0.29) is 17.6 Å². The first kappa shape index (κ1) is 13.2. The van der Waals surface area contributed by atoms with Crippen LogP contribution in [0, 0.1) is 5.92 Å². The first-order valence-electron chi connectivity index (χ1n) is 8.42. The molecule has 1 aromatic rings. The molecule has 0 radical (unpaired) electrons. The highest BCUT2D eigenvalue weighted by atomic mass is 16.5. The Balaban J connectivity index is 1.78.